The monoisotopic (exact) mass is 299 g/mol. The SMILES string of the molecule is CNc1ccc2c(N3CCCC(C(=O)OC)C3)nccc2c1. The van der Waals surface area contributed by atoms with E-state index in [0.29, 0.717) is 6.54 Å². The summed E-state index contributed by atoms with van der Waals surface area (Å²) in [7, 11) is 3.37. The number of carbonyl (C=O) groups excluding carboxylic acids is 1. The van der Waals surface area contributed by atoms with Gasteiger partial charge in [-0.3, -0.25) is 4.79 Å². The highest BCUT2D eigenvalue weighted by atomic mass is 16.5. The molecule has 0 radical (unpaired) electrons. The summed E-state index contributed by atoms with van der Waals surface area (Å²) in [6.07, 6.45) is 3.70. The predicted molar refractivity (Wildman–Crippen MR) is 88.2 cm³/mol. The Bertz CT molecular complexity index is 687. The van der Waals surface area contributed by atoms with Crippen molar-refractivity contribution < 1.29 is 9.53 Å². The number of hydrogen-bond acceptors (Lipinski definition) is 5. The summed E-state index contributed by atoms with van der Waals surface area (Å²) in [5.74, 6) is 0.767. The van der Waals surface area contributed by atoms with Gasteiger partial charge in [0.25, 0.3) is 0 Å². The van der Waals surface area contributed by atoms with Gasteiger partial charge in [-0.15, -0.1) is 0 Å². The van der Waals surface area contributed by atoms with E-state index in [0.717, 1.165) is 41.7 Å². The van der Waals surface area contributed by atoms with Gasteiger partial charge in [0.2, 0.25) is 0 Å². The van der Waals surface area contributed by atoms with Gasteiger partial charge in [0.1, 0.15) is 5.82 Å². The largest absolute Gasteiger partial charge is 0.469 e. The first-order valence-electron chi connectivity index (χ1n) is 7.62. The number of esters is 1. The number of anilines is 2. The fourth-order valence-electron chi connectivity index (χ4n) is 3.10. The average molecular weight is 299 g/mol. The summed E-state index contributed by atoms with van der Waals surface area (Å²) < 4.78 is 4.90. The first kappa shape index (κ1) is 14.6. The van der Waals surface area contributed by atoms with Crippen LogP contribution in [0.5, 0.6) is 0 Å². The fourth-order valence-corrected chi connectivity index (χ4v) is 3.10. The lowest BCUT2D eigenvalue weighted by Gasteiger charge is -2.32. The number of aromatic nitrogens is 1. The zero-order chi connectivity index (χ0) is 15.5. The van der Waals surface area contributed by atoms with Crippen molar-refractivity contribution in [3.8, 4) is 0 Å². The molecule has 0 saturated carbocycles. The number of nitrogens with one attached hydrogen (secondary N) is 1. The van der Waals surface area contributed by atoms with Gasteiger partial charge in [-0.2, -0.15) is 0 Å². The maximum absolute atomic E-state index is 11.8. The number of fused-ring (bicyclic) bond motifs is 1. The number of methoxy groups -OCH3 is 1. The van der Waals surface area contributed by atoms with Crippen LogP contribution in [0.4, 0.5) is 11.5 Å². The van der Waals surface area contributed by atoms with Crippen molar-refractivity contribution in [3.63, 3.8) is 0 Å². The molecule has 0 spiro atoms. The standard InChI is InChI=1S/C17H21N3O2/c1-18-14-5-6-15-12(10-14)7-8-19-16(15)20-9-3-4-13(11-20)17(21)22-2/h5-8,10,13,18H,3-4,9,11H2,1-2H3. The Kier molecular flexibility index (Phi) is 4.13. The van der Waals surface area contributed by atoms with Crippen LogP contribution in [0.25, 0.3) is 10.8 Å². The van der Waals surface area contributed by atoms with Crippen LogP contribution in [0.15, 0.2) is 30.5 Å². The highest BCUT2D eigenvalue weighted by molar-refractivity contribution is 5.94. The van der Waals surface area contributed by atoms with Crippen molar-refractivity contribution in [1.29, 1.82) is 0 Å². The molecule has 0 bridgehead atoms. The average Bonchev–Trinajstić information content (AvgIpc) is 2.60. The van der Waals surface area contributed by atoms with Crippen LogP contribution in [0.1, 0.15) is 12.8 Å². The molecule has 1 fully saturated rings. The second-order valence-corrected chi connectivity index (χ2v) is 5.63. The van der Waals surface area contributed by atoms with Gasteiger partial charge < -0.3 is 15.0 Å². The van der Waals surface area contributed by atoms with Crippen LogP contribution in [0, 0.1) is 5.92 Å². The van der Waals surface area contributed by atoms with Gasteiger partial charge in [-0.25, -0.2) is 4.98 Å². The van der Waals surface area contributed by atoms with Crippen molar-refractivity contribution in [1.82, 2.24) is 4.98 Å². The molecule has 0 aliphatic carbocycles. The minimum atomic E-state index is -0.123. The van der Waals surface area contributed by atoms with E-state index in [1.165, 1.54) is 7.11 Å². The molecule has 3 rings (SSSR count). The Morgan fingerprint density at radius 1 is 1.41 bits per heavy atom. The highest BCUT2D eigenvalue weighted by Gasteiger charge is 2.27. The summed E-state index contributed by atoms with van der Waals surface area (Å²) >= 11 is 0. The third-order valence-corrected chi connectivity index (χ3v) is 4.29. The molecule has 1 unspecified atom stereocenters. The van der Waals surface area contributed by atoms with E-state index in [2.05, 4.69) is 33.4 Å². The minimum Gasteiger partial charge on any atom is -0.469 e. The van der Waals surface area contributed by atoms with Crippen LogP contribution >= 0.6 is 0 Å². The first-order chi connectivity index (χ1) is 10.7. The summed E-state index contributed by atoms with van der Waals surface area (Å²) in [6, 6.07) is 8.27. The lowest BCUT2D eigenvalue weighted by molar-refractivity contribution is -0.145. The molecule has 1 atom stereocenters. The van der Waals surface area contributed by atoms with E-state index in [1.54, 1.807) is 0 Å². The lowest BCUT2D eigenvalue weighted by Crippen LogP contribution is -2.39. The summed E-state index contributed by atoms with van der Waals surface area (Å²) in [5, 5.41) is 5.42. The quantitative estimate of drug-likeness (QED) is 0.883. The number of piperidine rings is 1. The van der Waals surface area contributed by atoms with E-state index < -0.39 is 0 Å². The molecule has 0 amide bonds. The Morgan fingerprint density at radius 2 is 2.27 bits per heavy atom. The van der Waals surface area contributed by atoms with Crippen molar-refractivity contribution in [2.75, 3.05) is 37.5 Å². The Morgan fingerprint density at radius 3 is 3.05 bits per heavy atom. The van der Waals surface area contributed by atoms with Gasteiger partial charge in [0, 0.05) is 37.4 Å². The zero-order valence-electron chi connectivity index (χ0n) is 13.0. The van der Waals surface area contributed by atoms with Crippen LogP contribution < -0.4 is 10.2 Å². The Labute approximate surface area is 130 Å². The molecule has 2 heterocycles. The number of benzene rings is 1. The Balaban J connectivity index is 1.94. The zero-order valence-corrected chi connectivity index (χ0v) is 13.0. The minimum absolute atomic E-state index is 0.0626. The molecular formula is C17H21N3O2. The molecule has 116 valence electrons. The normalized spacial score (nSPS) is 18.3. The van der Waals surface area contributed by atoms with Gasteiger partial charge in [0.05, 0.1) is 13.0 Å². The Hall–Kier alpha value is -2.30. The van der Waals surface area contributed by atoms with Crippen molar-refractivity contribution in [2.24, 2.45) is 5.92 Å². The third kappa shape index (κ3) is 2.71. The third-order valence-electron chi connectivity index (χ3n) is 4.29. The van der Waals surface area contributed by atoms with E-state index in [1.807, 2.05) is 19.3 Å². The van der Waals surface area contributed by atoms with Gasteiger partial charge in [0.15, 0.2) is 0 Å². The topological polar surface area (TPSA) is 54.5 Å². The summed E-state index contributed by atoms with van der Waals surface area (Å²) in [6.45, 7) is 1.60. The van der Waals surface area contributed by atoms with Crippen molar-refractivity contribution >= 4 is 28.2 Å². The second kappa shape index (κ2) is 6.22. The number of hydrogen-bond donors (Lipinski definition) is 1. The predicted octanol–water partition coefficient (Wildman–Crippen LogP) is 2.67. The number of rotatable bonds is 3. The van der Waals surface area contributed by atoms with Crippen LogP contribution in [-0.4, -0.2) is 38.2 Å². The number of nitrogens with zero attached hydrogens (tertiary/aromatic N) is 2. The van der Waals surface area contributed by atoms with Crippen LogP contribution in [-0.2, 0) is 9.53 Å². The summed E-state index contributed by atoms with van der Waals surface area (Å²) in [4.78, 5) is 18.6. The van der Waals surface area contributed by atoms with Crippen LogP contribution in [0.2, 0.25) is 0 Å². The van der Waals surface area contributed by atoms with E-state index in [-0.39, 0.29) is 11.9 Å². The molecule has 2 aromatic rings. The van der Waals surface area contributed by atoms with E-state index in [4.69, 9.17) is 4.74 Å². The smallest absolute Gasteiger partial charge is 0.310 e. The molecule has 1 saturated heterocycles. The van der Waals surface area contributed by atoms with Gasteiger partial charge in [-0.1, -0.05) is 0 Å². The molecule has 5 nitrogen and oxygen atoms in total. The molecule has 1 N–H and O–H groups in total. The number of carbonyl (C=O) groups is 1. The molecule has 1 aliphatic rings. The number of ether oxygens (including phenoxy) is 1. The van der Waals surface area contributed by atoms with Gasteiger partial charge in [-0.05, 0) is 42.5 Å². The van der Waals surface area contributed by atoms with Crippen LogP contribution in [0.3, 0.4) is 0 Å². The molecule has 22 heavy (non-hydrogen) atoms. The maximum Gasteiger partial charge on any atom is 0.310 e. The van der Waals surface area contributed by atoms with Crippen molar-refractivity contribution in [2.45, 2.75) is 12.8 Å². The molecule has 1 aromatic carbocycles. The second-order valence-electron chi connectivity index (χ2n) is 5.63. The molecule has 5 heteroatoms. The molecular weight excluding hydrogens is 278 g/mol. The number of pyridine rings is 1. The lowest BCUT2D eigenvalue weighted by atomic mass is 9.97. The molecule has 1 aromatic heterocycles. The van der Waals surface area contributed by atoms with Crippen molar-refractivity contribution in [3.05, 3.63) is 30.5 Å². The van der Waals surface area contributed by atoms with E-state index >= 15 is 0 Å². The summed E-state index contributed by atoms with van der Waals surface area (Å²) in [5.41, 5.74) is 1.08. The fraction of sp³-hybridized carbons (Fsp3) is 0.412. The first-order valence-corrected chi connectivity index (χ1v) is 7.62. The highest BCUT2D eigenvalue weighted by Crippen LogP contribution is 2.30. The molecule has 1 aliphatic heterocycles. The van der Waals surface area contributed by atoms with Gasteiger partial charge >= 0.3 is 5.97 Å². The van der Waals surface area contributed by atoms with E-state index in [9.17, 15) is 4.79 Å². The maximum atomic E-state index is 11.8.